The fraction of sp³-hybridized carbons (Fsp3) is 0.379. The van der Waals surface area contributed by atoms with Gasteiger partial charge < -0.3 is 9.84 Å². The molecule has 0 aromatic heterocycles. The maximum atomic E-state index is 14.3. The van der Waals surface area contributed by atoms with Crippen LogP contribution in [0, 0.1) is 34.9 Å². The molecule has 2 saturated heterocycles. The van der Waals surface area contributed by atoms with Crippen molar-refractivity contribution in [3.05, 3.63) is 64.5 Å². The Hall–Kier alpha value is -3.72. The average Bonchev–Trinajstić information content (AvgIpc) is 3.26. The molecule has 39 heavy (non-hydrogen) atoms. The van der Waals surface area contributed by atoms with Crippen LogP contribution in [0.25, 0.3) is 0 Å². The third kappa shape index (κ3) is 3.35. The van der Waals surface area contributed by atoms with E-state index in [1.165, 1.54) is 32.4 Å². The van der Waals surface area contributed by atoms with Crippen molar-refractivity contribution in [1.82, 2.24) is 4.90 Å². The average molecular weight is 553 g/mol. The molecule has 6 atom stereocenters. The van der Waals surface area contributed by atoms with Crippen molar-refractivity contribution in [1.29, 1.82) is 0 Å². The number of phenols is 1. The largest absolute Gasteiger partial charge is 0.508 e. The predicted octanol–water partition coefficient (Wildman–Crippen LogP) is 4.05. The zero-order valence-electron chi connectivity index (χ0n) is 21.5. The van der Waals surface area contributed by atoms with E-state index < -0.39 is 52.6 Å². The third-order valence-corrected chi connectivity index (χ3v) is 9.49. The Morgan fingerprint density at radius 2 is 1.79 bits per heavy atom. The van der Waals surface area contributed by atoms with E-state index in [4.69, 9.17) is 16.3 Å². The topological polar surface area (TPSA) is 104 Å². The molecule has 8 nitrogen and oxygen atoms in total. The number of nitrogens with zero attached hydrogens (tertiary/aromatic N) is 2. The molecular formula is C29H26ClFN2O6. The molecular weight excluding hydrogens is 527 g/mol. The SMILES string of the molecule is COc1ccc(O)c(C2C3=CCC4C(=O)N(C)C(=O)C4C3CC3C(=O)N(c4ccc(F)c(Cl)c4)C(=O)C32C)c1. The quantitative estimate of drug-likeness (QED) is 0.455. The van der Waals surface area contributed by atoms with Gasteiger partial charge in [0.05, 0.1) is 41.0 Å². The first-order valence-electron chi connectivity index (χ1n) is 12.7. The summed E-state index contributed by atoms with van der Waals surface area (Å²) >= 11 is 6.00. The molecule has 2 aliphatic heterocycles. The lowest BCUT2D eigenvalue weighted by molar-refractivity contribution is -0.138. The maximum Gasteiger partial charge on any atom is 0.241 e. The lowest BCUT2D eigenvalue weighted by Gasteiger charge is -2.49. The number of allylic oxidation sites excluding steroid dienone is 2. The molecule has 0 spiro atoms. The molecule has 2 aliphatic carbocycles. The van der Waals surface area contributed by atoms with Gasteiger partial charge in [0.2, 0.25) is 23.6 Å². The second-order valence-corrected chi connectivity index (χ2v) is 11.3. The highest BCUT2D eigenvalue weighted by Crippen LogP contribution is 2.64. The Morgan fingerprint density at radius 1 is 1.05 bits per heavy atom. The first-order chi connectivity index (χ1) is 18.5. The van der Waals surface area contributed by atoms with Crippen LogP contribution in [0.2, 0.25) is 5.02 Å². The third-order valence-electron chi connectivity index (χ3n) is 9.20. The van der Waals surface area contributed by atoms with Crippen molar-refractivity contribution in [2.45, 2.75) is 25.7 Å². The second kappa shape index (κ2) is 8.64. The number of rotatable bonds is 3. The Bertz CT molecular complexity index is 1510. The summed E-state index contributed by atoms with van der Waals surface area (Å²) in [6.07, 6.45) is 2.39. The molecule has 6 rings (SSSR count). The molecule has 10 heteroatoms. The van der Waals surface area contributed by atoms with Crippen molar-refractivity contribution in [3.8, 4) is 11.5 Å². The van der Waals surface area contributed by atoms with Gasteiger partial charge in [0.25, 0.3) is 0 Å². The number of methoxy groups -OCH3 is 1. The van der Waals surface area contributed by atoms with Crippen LogP contribution in [0.15, 0.2) is 48.0 Å². The zero-order chi connectivity index (χ0) is 28.0. The zero-order valence-corrected chi connectivity index (χ0v) is 22.2. The van der Waals surface area contributed by atoms with Crippen molar-refractivity contribution in [2.24, 2.45) is 29.1 Å². The number of amides is 4. The maximum absolute atomic E-state index is 14.3. The minimum absolute atomic E-state index is 0.0843. The summed E-state index contributed by atoms with van der Waals surface area (Å²) in [6, 6.07) is 8.36. The van der Waals surface area contributed by atoms with Gasteiger partial charge in [0, 0.05) is 18.5 Å². The van der Waals surface area contributed by atoms with Gasteiger partial charge in [-0.15, -0.1) is 0 Å². The molecule has 1 saturated carbocycles. The lowest BCUT2D eigenvalue weighted by Crippen LogP contribution is -2.48. The van der Waals surface area contributed by atoms with E-state index >= 15 is 0 Å². The summed E-state index contributed by atoms with van der Waals surface area (Å²) in [6.45, 7) is 1.70. The van der Waals surface area contributed by atoms with E-state index in [1.807, 2.05) is 6.08 Å². The van der Waals surface area contributed by atoms with E-state index in [9.17, 15) is 28.7 Å². The summed E-state index contributed by atoms with van der Waals surface area (Å²) in [5.74, 6) is -5.26. The van der Waals surface area contributed by atoms with Crippen molar-refractivity contribution < 1.29 is 33.4 Å². The van der Waals surface area contributed by atoms with E-state index in [2.05, 4.69) is 0 Å². The number of anilines is 1. The van der Waals surface area contributed by atoms with Crippen molar-refractivity contribution in [3.63, 3.8) is 0 Å². The number of ether oxygens (including phenoxy) is 1. The molecule has 2 heterocycles. The van der Waals surface area contributed by atoms with Crippen LogP contribution in [0.1, 0.15) is 31.2 Å². The molecule has 0 bridgehead atoms. The first-order valence-corrected chi connectivity index (χ1v) is 13.1. The van der Waals surface area contributed by atoms with E-state index in [0.717, 1.165) is 21.4 Å². The summed E-state index contributed by atoms with van der Waals surface area (Å²) < 4.78 is 19.4. The van der Waals surface area contributed by atoms with Crippen LogP contribution < -0.4 is 9.64 Å². The number of imide groups is 2. The molecule has 202 valence electrons. The number of carbonyl (C=O) groups is 4. The molecule has 4 aliphatic rings. The normalized spacial score (nSPS) is 31.7. The molecule has 4 amide bonds. The van der Waals surface area contributed by atoms with Crippen LogP contribution in [0.5, 0.6) is 11.5 Å². The number of carbonyl (C=O) groups excluding carboxylic acids is 4. The van der Waals surface area contributed by atoms with Crippen LogP contribution in [-0.2, 0) is 19.2 Å². The summed E-state index contributed by atoms with van der Waals surface area (Å²) in [7, 11) is 2.95. The van der Waals surface area contributed by atoms with E-state index in [1.54, 1.807) is 19.1 Å². The second-order valence-electron chi connectivity index (χ2n) is 10.9. The highest BCUT2D eigenvalue weighted by atomic mass is 35.5. The number of benzene rings is 2. The smallest absolute Gasteiger partial charge is 0.241 e. The summed E-state index contributed by atoms with van der Waals surface area (Å²) in [5.41, 5.74) is -0.0758. The van der Waals surface area contributed by atoms with Gasteiger partial charge in [0.1, 0.15) is 17.3 Å². The highest BCUT2D eigenvalue weighted by Gasteiger charge is 2.67. The van der Waals surface area contributed by atoms with E-state index in [-0.39, 0.29) is 34.7 Å². The van der Waals surface area contributed by atoms with Crippen LogP contribution in [-0.4, -0.2) is 47.8 Å². The fourth-order valence-corrected chi connectivity index (χ4v) is 7.45. The number of likely N-dealkylation sites (tertiary alicyclic amines) is 1. The van der Waals surface area contributed by atoms with Gasteiger partial charge in [-0.2, -0.15) is 0 Å². The van der Waals surface area contributed by atoms with Gasteiger partial charge in [-0.1, -0.05) is 23.3 Å². The molecule has 0 radical (unpaired) electrons. The van der Waals surface area contributed by atoms with Crippen molar-refractivity contribution in [2.75, 3.05) is 19.1 Å². The number of phenolic OH excluding ortho intramolecular Hbond substituents is 1. The van der Waals surface area contributed by atoms with Gasteiger partial charge in [-0.3, -0.25) is 24.1 Å². The van der Waals surface area contributed by atoms with Crippen LogP contribution >= 0.6 is 11.6 Å². The predicted molar refractivity (Wildman–Crippen MR) is 138 cm³/mol. The standard InChI is InChI=1S/C29H26ClFN2O6/c1-29-19(26(36)33(28(29)38)13-4-8-21(31)20(30)10-13)12-17-15(6-7-16-23(17)27(37)32(2)25(16)35)24(29)18-11-14(39-3)5-9-22(18)34/h4-6,8-11,16-17,19,23-24,34H,7,12H2,1-3H3. The summed E-state index contributed by atoms with van der Waals surface area (Å²) in [4.78, 5) is 56.6. The molecule has 1 N–H and O–H groups in total. The lowest BCUT2D eigenvalue weighted by atomic mass is 9.51. The Kier molecular flexibility index (Phi) is 5.66. The Morgan fingerprint density at radius 3 is 2.49 bits per heavy atom. The molecule has 2 aromatic carbocycles. The molecule has 2 aromatic rings. The highest BCUT2D eigenvalue weighted by molar-refractivity contribution is 6.31. The number of aromatic hydroxyl groups is 1. The monoisotopic (exact) mass is 552 g/mol. The van der Waals surface area contributed by atoms with Crippen molar-refractivity contribution >= 4 is 40.9 Å². The Balaban J connectivity index is 1.56. The number of hydrogen-bond donors (Lipinski definition) is 1. The van der Waals surface area contributed by atoms with Gasteiger partial charge >= 0.3 is 0 Å². The minimum atomic E-state index is -1.35. The van der Waals surface area contributed by atoms with Gasteiger partial charge in [-0.25, -0.2) is 9.29 Å². The van der Waals surface area contributed by atoms with Crippen LogP contribution in [0.3, 0.4) is 0 Å². The van der Waals surface area contributed by atoms with Gasteiger partial charge in [0.15, 0.2) is 0 Å². The number of hydrogen-bond acceptors (Lipinski definition) is 6. The molecule has 6 unspecified atom stereocenters. The molecule has 3 fully saturated rings. The number of fused-ring (bicyclic) bond motifs is 4. The minimum Gasteiger partial charge on any atom is -0.508 e. The van der Waals surface area contributed by atoms with E-state index in [0.29, 0.717) is 17.7 Å². The van der Waals surface area contributed by atoms with Crippen LogP contribution in [0.4, 0.5) is 10.1 Å². The summed E-state index contributed by atoms with van der Waals surface area (Å²) in [5, 5.41) is 10.8. The Labute approximate surface area is 229 Å². The number of halogens is 2. The first kappa shape index (κ1) is 25.6. The fourth-order valence-electron chi connectivity index (χ4n) is 7.28. The van der Waals surface area contributed by atoms with Gasteiger partial charge in [-0.05, 0) is 62.1 Å².